The minimum atomic E-state index is -0.268. The number of thioether (sulfide) groups is 1. The van der Waals surface area contributed by atoms with Crippen molar-refractivity contribution < 1.29 is 14.3 Å². The van der Waals surface area contributed by atoms with E-state index in [9.17, 15) is 4.79 Å². The lowest BCUT2D eigenvalue weighted by Gasteiger charge is -2.15. The van der Waals surface area contributed by atoms with Crippen LogP contribution in [0.5, 0.6) is 11.5 Å². The summed E-state index contributed by atoms with van der Waals surface area (Å²) in [6.07, 6.45) is 1.81. The Labute approximate surface area is 161 Å². The molecule has 0 radical (unpaired) electrons. The van der Waals surface area contributed by atoms with Gasteiger partial charge in [-0.15, -0.1) is 0 Å². The second-order valence-corrected chi connectivity index (χ2v) is 7.27. The summed E-state index contributed by atoms with van der Waals surface area (Å²) in [7, 11) is 3.19. The fourth-order valence-corrected chi connectivity index (χ4v) is 3.67. The number of benzene rings is 2. The fourth-order valence-electron chi connectivity index (χ4n) is 2.54. The normalized spacial score (nSPS) is 17.9. The summed E-state index contributed by atoms with van der Waals surface area (Å²) in [5, 5.41) is 6.86. The van der Waals surface area contributed by atoms with Crippen molar-refractivity contribution in [1.82, 2.24) is 5.32 Å². The van der Waals surface area contributed by atoms with Gasteiger partial charge in [-0.25, -0.2) is 0 Å². The number of anilines is 1. The van der Waals surface area contributed by atoms with Crippen LogP contribution >= 0.6 is 23.4 Å². The van der Waals surface area contributed by atoms with Crippen LogP contribution in [0.15, 0.2) is 41.3 Å². The summed E-state index contributed by atoms with van der Waals surface area (Å²) in [4.78, 5) is 12.9. The lowest BCUT2D eigenvalue weighted by Crippen LogP contribution is -2.31. The molecule has 1 saturated heterocycles. The molecule has 136 valence electrons. The number of aryl methyl sites for hydroxylation is 1. The highest BCUT2D eigenvalue weighted by atomic mass is 35.5. The zero-order valence-electron chi connectivity index (χ0n) is 14.6. The van der Waals surface area contributed by atoms with Gasteiger partial charge in [-0.1, -0.05) is 29.4 Å². The largest absolute Gasteiger partial charge is 0.497 e. The molecule has 2 aromatic carbocycles. The van der Waals surface area contributed by atoms with Crippen molar-refractivity contribution in [1.29, 1.82) is 0 Å². The monoisotopic (exact) mass is 390 g/mol. The topological polar surface area (TPSA) is 59.6 Å². The highest BCUT2D eigenvalue weighted by Gasteiger charge is 2.27. The first kappa shape index (κ1) is 18.5. The lowest BCUT2D eigenvalue weighted by molar-refractivity contribution is -0.116. The molecule has 0 spiro atoms. The van der Waals surface area contributed by atoms with Gasteiger partial charge in [0.25, 0.3) is 5.91 Å². The third kappa shape index (κ3) is 4.08. The Bertz CT molecular complexity index is 870. The Balaban J connectivity index is 1.79. The third-order valence-corrected chi connectivity index (χ3v) is 5.21. The average Bonchev–Trinajstić information content (AvgIpc) is 2.97. The summed E-state index contributed by atoms with van der Waals surface area (Å²) >= 11 is 7.47. The van der Waals surface area contributed by atoms with E-state index in [1.807, 2.05) is 43.3 Å². The molecular weight excluding hydrogens is 372 g/mol. The number of rotatable bonds is 5. The van der Waals surface area contributed by atoms with Gasteiger partial charge in [0.1, 0.15) is 11.5 Å². The van der Waals surface area contributed by atoms with E-state index in [2.05, 4.69) is 10.6 Å². The number of halogens is 1. The first-order chi connectivity index (χ1) is 12.5. The van der Waals surface area contributed by atoms with Crippen molar-refractivity contribution in [2.75, 3.05) is 19.5 Å². The molecule has 2 aromatic rings. The molecule has 1 unspecified atom stereocenters. The Morgan fingerprint density at radius 1 is 1.19 bits per heavy atom. The molecule has 1 atom stereocenters. The van der Waals surface area contributed by atoms with E-state index in [0.717, 1.165) is 16.8 Å². The average molecular weight is 391 g/mol. The van der Waals surface area contributed by atoms with Crippen LogP contribution in [0, 0.1) is 6.92 Å². The SMILES string of the molecule is COc1ccc(/C=C2\SC(Nc3cc(Cl)ccc3C)NC2=O)c(OC)c1. The summed E-state index contributed by atoms with van der Waals surface area (Å²) in [6.45, 7) is 1.99. The van der Waals surface area contributed by atoms with Gasteiger partial charge in [0.15, 0.2) is 5.50 Å². The highest BCUT2D eigenvalue weighted by Crippen LogP contribution is 2.34. The molecule has 2 N–H and O–H groups in total. The number of carbonyl (C=O) groups excluding carboxylic acids is 1. The van der Waals surface area contributed by atoms with Gasteiger partial charge >= 0.3 is 0 Å². The molecule has 0 saturated carbocycles. The fraction of sp³-hybridized carbons (Fsp3) is 0.211. The van der Waals surface area contributed by atoms with Crippen molar-refractivity contribution in [2.24, 2.45) is 0 Å². The van der Waals surface area contributed by atoms with Gasteiger partial charge in [-0.3, -0.25) is 4.79 Å². The van der Waals surface area contributed by atoms with Gasteiger partial charge in [-0.2, -0.15) is 0 Å². The standard InChI is InChI=1S/C19H19ClN2O3S/c1-11-4-6-13(20)9-15(11)21-19-22-18(23)17(26-19)8-12-5-7-14(24-2)10-16(12)25-3/h4-10,19,21H,1-3H3,(H,22,23)/b17-8-. The van der Waals surface area contributed by atoms with Gasteiger partial charge in [0, 0.05) is 22.3 Å². The summed E-state index contributed by atoms with van der Waals surface area (Å²) in [6, 6.07) is 11.1. The highest BCUT2D eigenvalue weighted by molar-refractivity contribution is 8.05. The second-order valence-electron chi connectivity index (χ2n) is 5.69. The Morgan fingerprint density at radius 2 is 2.00 bits per heavy atom. The molecule has 26 heavy (non-hydrogen) atoms. The quantitative estimate of drug-likeness (QED) is 0.747. The Hall–Kier alpha value is -2.31. The number of nitrogens with one attached hydrogen (secondary N) is 2. The first-order valence-corrected chi connectivity index (χ1v) is 9.20. The molecule has 1 fully saturated rings. The molecule has 0 bridgehead atoms. The predicted octanol–water partition coefficient (Wildman–Crippen LogP) is 4.27. The van der Waals surface area contributed by atoms with E-state index in [1.54, 1.807) is 20.3 Å². The molecule has 3 rings (SSSR count). The molecular formula is C19H19ClN2O3S. The number of ether oxygens (including phenoxy) is 2. The zero-order valence-corrected chi connectivity index (χ0v) is 16.2. The van der Waals surface area contributed by atoms with Crippen molar-refractivity contribution in [3.8, 4) is 11.5 Å². The number of hydrogen-bond donors (Lipinski definition) is 2. The second kappa shape index (κ2) is 7.93. The van der Waals surface area contributed by atoms with Crippen LogP contribution in [0.1, 0.15) is 11.1 Å². The predicted molar refractivity (Wildman–Crippen MR) is 107 cm³/mol. The maximum Gasteiger partial charge on any atom is 0.260 e. The number of amides is 1. The van der Waals surface area contributed by atoms with Gasteiger partial charge in [0.05, 0.1) is 19.1 Å². The van der Waals surface area contributed by atoms with Crippen LogP contribution < -0.4 is 20.1 Å². The van der Waals surface area contributed by atoms with E-state index in [0.29, 0.717) is 21.4 Å². The zero-order chi connectivity index (χ0) is 18.7. The van der Waals surface area contributed by atoms with Gasteiger partial charge < -0.3 is 20.1 Å². The van der Waals surface area contributed by atoms with E-state index in [1.165, 1.54) is 11.8 Å². The summed E-state index contributed by atoms with van der Waals surface area (Å²) in [5.41, 5.74) is 2.48. The summed E-state index contributed by atoms with van der Waals surface area (Å²) < 4.78 is 10.6. The maximum atomic E-state index is 12.3. The smallest absolute Gasteiger partial charge is 0.260 e. The van der Waals surface area contributed by atoms with Crippen LogP contribution in [-0.4, -0.2) is 25.6 Å². The van der Waals surface area contributed by atoms with Crippen molar-refractivity contribution in [3.63, 3.8) is 0 Å². The number of hydrogen-bond acceptors (Lipinski definition) is 5. The number of methoxy groups -OCH3 is 2. The van der Waals surface area contributed by atoms with Gasteiger partial charge in [-0.05, 0) is 42.8 Å². The first-order valence-electron chi connectivity index (χ1n) is 7.94. The molecule has 0 aromatic heterocycles. The molecule has 1 aliphatic heterocycles. The van der Waals surface area contributed by atoms with E-state index < -0.39 is 0 Å². The van der Waals surface area contributed by atoms with E-state index in [4.69, 9.17) is 21.1 Å². The molecule has 1 aliphatic rings. The van der Waals surface area contributed by atoms with Crippen molar-refractivity contribution in [2.45, 2.75) is 12.4 Å². The Kier molecular flexibility index (Phi) is 5.64. The minimum absolute atomic E-state index is 0.134. The molecule has 7 heteroatoms. The maximum absolute atomic E-state index is 12.3. The number of carbonyl (C=O) groups is 1. The van der Waals surface area contributed by atoms with Crippen LogP contribution in [-0.2, 0) is 4.79 Å². The Morgan fingerprint density at radius 3 is 2.73 bits per heavy atom. The van der Waals surface area contributed by atoms with E-state index in [-0.39, 0.29) is 11.4 Å². The molecule has 1 heterocycles. The molecule has 0 aliphatic carbocycles. The minimum Gasteiger partial charge on any atom is -0.497 e. The van der Waals surface area contributed by atoms with Crippen LogP contribution in [0.4, 0.5) is 5.69 Å². The van der Waals surface area contributed by atoms with Crippen LogP contribution in [0.25, 0.3) is 6.08 Å². The molecule has 5 nitrogen and oxygen atoms in total. The van der Waals surface area contributed by atoms with Crippen molar-refractivity contribution in [3.05, 3.63) is 57.5 Å². The van der Waals surface area contributed by atoms with Crippen LogP contribution in [0.3, 0.4) is 0 Å². The summed E-state index contributed by atoms with van der Waals surface area (Å²) in [5.74, 6) is 1.21. The lowest BCUT2D eigenvalue weighted by atomic mass is 10.1. The van der Waals surface area contributed by atoms with Crippen LogP contribution in [0.2, 0.25) is 5.02 Å². The molecule has 1 amide bonds. The third-order valence-electron chi connectivity index (χ3n) is 3.94. The van der Waals surface area contributed by atoms with Gasteiger partial charge in [0.2, 0.25) is 0 Å². The van der Waals surface area contributed by atoms with Crippen molar-refractivity contribution >= 4 is 41.0 Å². The van der Waals surface area contributed by atoms with E-state index >= 15 is 0 Å².